The van der Waals surface area contributed by atoms with E-state index in [2.05, 4.69) is 4.98 Å². The van der Waals surface area contributed by atoms with Gasteiger partial charge in [-0.05, 0) is 24.3 Å². The lowest BCUT2D eigenvalue weighted by Crippen LogP contribution is -2.15. The van der Waals surface area contributed by atoms with E-state index < -0.39 is 23.1 Å². The van der Waals surface area contributed by atoms with Gasteiger partial charge in [-0.25, -0.2) is 0 Å². The predicted molar refractivity (Wildman–Crippen MR) is 70.1 cm³/mol. The van der Waals surface area contributed by atoms with Crippen LogP contribution >= 0.6 is 0 Å². The maximum Gasteiger partial charge on any atom is 0.417 e. The van der Waals surface area contributed by atoms with Crippen LogP contribution in [0.1, 0.15) is 21.5 Å². The molecule has 2 rings (SSSR count). The van der Waals surface area contributed by atoms with E-state index in [1.807, 2.05) is 0 Å². The van der Waals surface area contributed by atoms with Crippen molar-refractivity contribution in [2.24, 2.45) is 0 Å². The van der Waals surface area contributed by atoms with E-state index in [1.54, 1.807) is 0 Å². The van der Waals surface area contributed by atoms with Crippen LogP contribution in [-0.2, 0) is 6.18 Å². The summed E-state index contributed by atoms with van der Waals surface area (Å²) in [4.78, 5) is 15.9. The molecule has 0 aliphatic carbocycles. The minimum Gasteiger partial charge on any atom is -0.497 e. The lowest BCUT2D eigenvalue weighted by atomic mass is 9.98. The fourth-order valence-electron chi connectivity index (χ4n) is 1.83. The summed E-state index contributed by atoms with van der Waals surface area (Å²) in [6.07, 6.45) is -2.79. The average Bonchev–Trinajstić information content (AvgIpc) is 2.46. The van der Waals surface area contributed by atoms with Crippen molar-refractivity contribution < 1.29 is 22.7 Å². The monoisotopic (exact) mass is 296 g/mol. The van der Waals surface area contributed by atoms with Crippen LogP contribution in [0.4, 0.5) is 18.9 Å². The van der Waals surface area contributed by atoms with Gasteiger partial charge >= 0.3 is 6.18 Å². The summed E-state index contributed by atoms with van der Waals surface area (Å²) in [7, 11) is 1.38. The lowest BCUT2D eigenvalue weighted by Gasteiger charge is -2.12. The number of nitrogens with two attached hydrogens (primary N) is 1. The van der Waals surface area contributed by atoms with Gasteiger partial charge in [-0.2, -0.15) is 13.2 Å². The van der Waals surface area contributed by atoms with Crippen molar-refractivity contribution in [1.29, 1.82) is 0 Å². The molecule has 1 aromatic carbocycles. The van der Waals surface area contributed by atoms with Crippen molar-refractivity contribution in [3.8, 4) is 5.75 Å². The highest BCUT2D eigenvalue weighted by Gasteiger charge is 2.35. The zero-order valence-electron chi connectivity index (χ0n) is 10.9. The number of aromatic nitrogens is 1. The normalized spacial score (nSPS) is 11.2. The van der Waals surface area contributed by atoms with Gasteiger partial charge in [0.2, 0.25) is 0 Å². The van der Waals surface area contributed by atoms with Gasteiger partial charge in [-0.15, -0.1) is 0 Å². The number of carbonyl (C=O) groups is 1. The maximum absolute atomic E-state index is 12.9. The SMILES string of the molecule is COc1ccc(N)c(C(=O)c2cnccc2C(F)(F)F)c1. The molecule has 1 heterocycles. The Kier molecular flexibility index (Phi) is 3.84. The number of methoxy groups -OCH3 is 1. The van der Waals surface area contributed by atoms with E-state index in [-0.39, 0.29) is 11.3 Å². The highest BCUT2D eigenvalue weighted by Crippen LogP contribution is 2.33. The van der Waals surface area contributed by atoms with E-state index in [4.69, 9.17) is 10.5 Å². The number of alkyl halides is 3. The molecular formula is C14H11F3N2O2. The summed E-state index contributed by atoms with van der Waals surface area (Å²) in [5.74, 6) is -0.531. The van der Waals surface area contributed by atoms with Crippen molar-refractivity contribution in [2.75, 3.05) is 12.8 Å². The quantitative estimate of drug-likeness (QED) is 0.698. The standard InChI is InChI=1S/C14H11F3N2O2/c1-21-8-2-3-12(18)9(6-8)13(20)10-7-19-5-4-11(10)14(15,16)17/h2-7H,18H2,1H3. The van der Waals surface area contributed by atoms with Crippen molar-refractivity contribution in [3.63, 3.8) is 0 Å². The minimum absolute atomic E-state index is 0.0622. The van der Waals surface area contributed by atoms with E-state index in [0.717, 1.165) is 18.5 Å². The Morgan fingerprint density at radius 1 is 1.24 bits per heavy atom. The van der Waals surface area contributed by atoms with Gasteiger partial charge in [0.25, 0.3) is 0 Å². The number of hydrogen-bond donors (Lipinski definition) is 1. The van der Waals surface area contributed by atoms with Crippen LogP contribution in [-0.4, -0.2) is 17.9 Å². The molecule has 4 nitrogen and oxygen atoms in total. The van der Waals surface area contributed by atoms with Crippen LogP contribution in [0.15, 0.2) is 36.7 Å². The number of nitrogens with zero attached hydrogens (tertiary/aromatic N) is 1. The number of ketones is 1. The first-order chi connectivity index (χ1) is 9.84. The Hall–Kier alpha value is -2.57. The number of nitrogen functional groups attached to an aromatic ring is 1. The summed E-state index contributed by atoms with van der Waals surface area (Å²) in [6.45, 7) is 0. The Bertz CT molecular complexity index is 684. The molecule has 7 heteroatoms. The number of benzene rings is 1. The fraction of sp³-hybridized carbons (Fsp3) is 0.143. The third-order valence-corrected chi connectivity index (χ3v) is 2.88. The summed E-state index contributed by atoms with van der Waals surface area (Å²) in [5, 5.41) is 0. The van der Waals surface area contributed by atoms with Crippen LogP contribution in [0.25, 0.3) is 0 Å². The Balaban J connectivity index is 2.56. The van der Waals surface area contributed by atoms with E-state index in [0.29, 0.717) is 5.75 Å². The van der Waals surface area contributed by atoms with Crippen LogP contribution in [0, 0.1) is 0 Å². The first-order valence-electron chi connectivity index (χ1n) is 5.84. The molecule has 0 fully saturated rings. The molecule has 0 atom stereocenters. The summed E-state index contributed by atoms with van der Waals surface area (Å²) in [6, 6.07) is 4.96. The number of halogens is 3. The molecule has 0 aliphatic rings. The van der Waals surface area contributed by atoms with Crippen molar-refractivity contribution in [1.82, 2.24) is 4.98 Å². The topological polar surface area (TPSA) is 65.2 Å². The predicted octanol–water partition coefficient (Wildman–Crippen LogP) is 2.92. The Morgan fingerprint density at radius 2 is 1.95 bits per heavy atom. The van der Waals surface area contributed by atoms with Crippen LogP contribution in [0.5, 0.6) is 5.75 Å². The average molecular weight is 296 g/mol. The fourth-order valence-corrected chi connectivity index (χ4v) is 1.83. The maximum atomic E-state index is 12.9. The van der Waals surface area contributed by atoms with Crippen molar-refractivity contribution in [3.05, 3.63) is 53.3 Å². The number of anilines is 1. The smallest absolute Gasteiger partial charge is 0.417 e. The van der Waals surface area contributed by atoms with Gasteiger partial charge in [0.1, 0.15) is 5.75 Å². The molecule has 1 aromatic heterocycles. The first-order valence-corrected chi connectivity index (χ1v) is 5.84. The number of ether oxygens (including phenoxy) is 1. The molecule has 0 saturated carbocycles. The third-order valence-electron chi connectivity index (χ3n) is 2.88. The molecule has 0 spiro atoms. The van der Waals surface area contributed by atoms with E-state index >= 15 is 0 Å². The first kappa shape index (κ1) is 14.8. The third kappa shape index (κ3) is 2.96. The van der Waals surface area contributed by atoms with Gasteiger partial charge in [0.05, 0.1) is 18.2 Å². The minimum atomic E-state index is -4.65. The number of pyridine rings is 1. The van der Waals surface area contributed by atoms with E-state index in [1.165, 1.54) is 25.3 Å². The molecule has 0 radical (unpaired) electrons. The van der Waals surface area contributed by atoms with Crippen LogP contribution in [0.2, 0.25) is 0 Å². The number of rotatable bonds is 3. The molecular weight excluding hydrogens is 285 g/mol. The van der Waals surface area contributed by atoms with Gasteiger partial charge in [-0.3, -0.25) is 9.78 Å². The van der Waals surface area contributed by atoms with Gasteiger partial charge in [0, 0.05) is 23.6 Å². The molecule has 0 unspecified atom stereocenters. The zero-order chi connectivity index (χ0) is 15.6. The Morgan fingerprint density at radius 3 is 2.57 bits per heavy atom. The van der Waals surface area contributed by atoms with Crippen LogP contribution in [0.3, 0.4) is 0 Å². The summed E-state index contributed by atoms with van der Waals surface area (Å²) >= 11 is 0. The summed E-state index contributed by atoms with van der Waals surface area (Å²) < 4.78 is 43.8. The van der Waals surface area contributed by atoms with Gasteiger partial charge < -0.3 is 10.5 Å². The highest BCUT2D eigenvalue weighted by molar-refractivity contribution is 6.13. The molecule has 0 amide bonds. The second-order valence-electron chi connectivity index (χ2n) is 4.20. The lowest BCUT2D eigenvalue weighted by molar-refractivity contribution is -0.137. The second kappa shape index (κ2) is 5.43. The largest absolute Gasteiger partial charge is 0.497 e. The van der Waals surface area contributed by atoms with Crippen molar-refractivity contribution in [2.45, 2.75) is 6.18 Å². The number of hydrogen-bond acceptors (Lipinski definition) is 4. The highest BCUT2D eigenvalue weighted by atomic mass is 19.4. The molecule has 110 valence electrons. The molecule has 0 saturated heterocycles. The van der Waals surface area contributed by atoms with Gasteiger partial charge in [-0.1, -0.05) is 0 Å². The second-order valence-corrected chi connectivity index (χ2v) is 4.20. The van der Waals surface area contributed by atoms with Crippen molar-refractivity contribution >= 4 is 11.5 Å². The van der Waals surface area contributed by atoms with Gasteiger partial charge in [0.15, 0.2) is 5.78 Å². The molecule has 21 heavy (non-hydrogen) atoms. The molecule has 0 bridgehead atoms. The summed E-state index contributed by atoms with van der Waals surface area (Å²) in [5.41, 5.74) is 4.07. The van der Waals surface area contributed by atoms with Crippen LogP contribution < -0.4 is 10.5 Å². The van der Waals surface area contributed by atoms with E-state index in [9.17, 15) is 18.0 Å². The molecule has 0 aliphatic heterocycles. The molecule has 2 aromatic rings. The Labute approximate surface area is 118 Å². The zero-order valence-corrected chi connectivity index (χ0v) is 10.9. The number of carbonyl (C=O) groups excluding carboxylic acids is 1. The molecule has 2 N–H and O–H groups in total.